The highest BCUT2D eigenvalue weighted by atomic mass is 35.5. The van der Waals surface area contributed by atoms with Crippen LogP contribution in [0.5, 0.6) is 0 Å². The van der Waals surface area contributed by atoms with Gasteiger partial charge in [0.15, 0.2) is 0 Å². The van der Waals surface area contributed by atoms with Gasteiger partial charge in [-0.3, -0.25) is 14.9 Å². The number of ether oxygens (including phenoxy) is 1. The minimum atomic E-state index is -1.17. The van der Waals surface area contributed by atoms with Crippen LogP contribution in [0.15, 0.2) is 24.3 Å². The molecule has 9 heteroatoms. The van der Waals surface area contributed by atoms with Crippen LogP contribution in [0.3, 0.4) is 0 Å². The molecule has 3 unspecified atom stereocenters. The number of amides is 1. The van der Waals surface area contributed by atoms with Crippen molar-refractivity contribution in [3.05, 3.63) is 39.9 Å². The number of benzene rings is 1. The van der Waals surface area contributed by atoms with E-state index in [4.69, 9.17) is 16.3 Å². The lowest BCUT2D eigenvalue weighted by Crippen LogP contribution is -2.63. The van der Waals surface area contributed by atoms with Crippen LogP contribution in [0.1, 0.15) is 25.8 Å². The van der Waals surface area contributed by atoms with Crippen LogP contribution in [0, 0.1) is 16.0 Å². The van der Waals surface area contributed by atoms with E-state index in [1.165, 1.54) is 29.2 Å². The standard InChI is InChI=1S/C16H19ClN2O5S/c1-3-12-14(20)18(15(12)25-4-2)13(17)16(21)24-9-10-5-7-11(8-6-10)19(22)23/h5-8,12-13,15H,3-4,9H2,1-2H3. The maximum absolute atomic E-state index is 12.2. The number of nitro groups is 1. The summed E-state index contributed by atoms with van der Waals surface area (Å²) in [6.07, 6.45) is 0.703. The summed E-state index contributed by atoms with van der Waals surface area (Å²) in [5, 5.41) is 10.5. The molecular formula is C16H19ClN2O5S. The molecule has 0 saturated carbocycles. The summed E-state index contributed by atoms with van der Waals surface area (Å²) in [6, 6.07) is 5.68. The Morgan fingerprint density at radius 3 is 2.56 bits per heavy atom. The van der Waals surface area contributed by atoms with Gasteiger partial charge in [-0.2, -0.15) is 0 Å². The van der Waals surface area contributed by atoms with Crippen LogP contribution in [-0.2, 0) is 20.9 Å². The molecule has 1 heterocycles. The Morgan fingerprint density at radius 1 is 1.40 bits per heavy atom. The van der Waals surface area contributed by atoms with Crippen molar-refractivity contribution in [1.82, 2.24) is 4.90 Å². The average molecular weight is 387 g/mol. The van der Waals surface area contributed by atoms with Crippen molar-refractivity contribution in [2.75, 3.05) is 5.75 Å². The van der Waals surface area contributed by atoms with E-state index < -0.39 is 16.4 Å². The second kappa shape index (κ2) is 8.53. The summed E-state index contributed by atoms with van der Waals surface area (Å²) in [5.74, 6) is -0.147. The van der Waals surface area contributed by atoms with E-state index >= 15 is 0 Å². The molecule has 1 fully saturated rings. The second-order valence-electron chi connectivity index (χ2n) is 5.47. The molecule has 1 aromatic carbocycles. The van der Waals surface area contributed by atoms with Crippen molar-refractivity contribution in [2.45, 2.75) is 37.8 Å². The van der Waals surface area contributed by atoms with Crippen molar-refractivity contribution in [1.29, 1.82) is 0 Å². The van der Waals surface area contributed by atoms with E-state index in [2.05, 4.69) is 0 Å². The molecule has 136 valence electrons. The molecule has 0 N–H and O–H groups in total. The van der Waals surface area contributed by atoms with E-state index in [0.717, 1.165) is 5.75 Å². The molecule has 0 aromatic heterocycles. The van der Waals surface area contributed by atoms with Crippen molar-refractivity contribution in [3.8, 4) is 0 Å². The van der Waals surface area contributed by atoms with Crippen LogP contribution in [0.2, 0.25) is 0 Å². The molecule has 0 bridgehead atoms. The van der Waals surface area contributed by atoms with Gasteiger partial charge in [-0.05, 0) is 29.9 Å². The predicted octanol–water partition coefficient (Wildman–Crippen LogP) is 3.15. The number of thioether (sulfide) groups is 1. The van der Waals surface area contributed by atoms with Gasteiger partial charge in [-0.15, -0.1) is 11.8 Å². The van der Waals surface area contributed by atoms with Gasteiger partial charge < -0.3 is 9.64 Å². The van der Waals surface area contributed by atoms with Crippen molar-refractivity contribution < 1.29 is 19.2 Å². The van der Waals surface area contributed by atoms with Gasteiger partial charge in [0.1, 0.15) is 6.61 Å². The first-order valence-corrected chi connectivity index (χ1v) is 9.37. The summed E-state index contributed by atoms with van der Waals surface area (Å²) < 4.78 is 5.15. The number of carbonyl (C=O) groups is 2. The third-order valence-corrected chi connectivity index (χ3v) is 5.55. The first-order chi connectivity index (χ1) is 11.9. The maximum atomic E-state index is 12.2. The van der Waals surface area contributed by atoms with Gasteiger partial charge in [0.2, 0.25) is 11.4 Å². The fourth-order valence-electron chi connectivity index (χ4n) is 2.59. The maximum Gasteiger partial charge on any atom is 0.345 e. The number of hydrogen-bond donors (Lipinski definition) is 0. The average Bonchev–Trinajstić information content (AvgIpc) is 2.60. The summed E-state index contributed by atoms with van der Waals surface area (Å²) >= 11 is 7.72. The zero-order chi connectivity index (χ0) is 18.6. The molecule has 1 saturated heterocycles. The molecule has 0 aliphatic carbocycles. The monoisotopic (exact) mass is 386 g/mol. The Balaban J connectivity index is 1.93. The zero-order valence-corrected chi connectivity index (χ0v) is 15.5. The minimum Gasteiger partial charge on any atom is -0.458 e. The largest absolute Gasteiger partial charge is 0.458 e. The van der Waals surface area contributed by atoms with Crippen LogP contribution < -0.4 is 0 Å². The summed E-state index contributed by atoms with van der Waals surface area (Å²) in [6.45, 7) is 3.85. The number of alkyl halides is 1. The third kappa shape index (κ3) is 4.24. The van der Waals surface area contributed by atoms with E-state index in [1.807, 2.05) is 13.8 Å². The van der Waals surface area contributed by atoms with Crippen molar-refractivity contribution in [2.24, 2.45) is 5.92 Å². The Labute approximate surface area is 154 Å². The molecule has 1 aromatic rings. The fraction of sp³-hybridized carbons (Fsp3) is 0.500. The number of halogens is 1. The van der Waals surface area contributed by atoms with Crippen molar-refractivity contribution >= 4 is 40.9 Å². The summed E-state index contributed by atoms with van der Waals surface area (Å²) in [5.41, 5.74) is -0.609. The van der Waals surface area contributed by atoms with E-state index in [9.17, 15) is 19.7 Å². The van der Waals surface area contributed by atoms with E-state index in [0.29, 0.717) is 12.0 Å². The lowest BCUT2D eigenvalue weighted by atomic mass is 9.95. The first kappa shape index (κ1) is 19.5. The number of nitro benzene ring substituents is 1. The third-order valence-electron chi connectivity index (χ3n) is 3.93. The Bertz CT molecular complexity index is 654. The molecule has 7 nitrogen and oxygen atoms in total. The highest BCUT2D eigenvalue weighted by Crippen LogP contribution is 2.39. The lowest BCUT2D eigenvalue weighted by Gasteiger charge is -2.47. The van der Waals surface area contributed by atoms with Gasteiger partial charge in [0.25, 0.3) is 5.69 Å². The fourth-order valence-corrected chi connectivity index (χ4v) is 4.20. The minimum absolute atomic E-state index is 0.0403. The Kier molecular flexibility index (Phi) is 6.66. The molecule has 25 heavy (non-hydrogen) atoms. The van der Waals surface area contributed by atoms with Crippen LogP contribution in [-0.4, -0.2) is 38.3 Å². The molecule has 3 atom stereocenters. The smallest absolute Gasteiger partial charge is 0.345 e. The quantitative estimate of drug-likeness (QED) is 0.170. The predicted molar refractivity (Wildman–Crippen MR) is 95.1 cm³/mol. The SMILES string of the molecule is CCSC1C(CC)C(=O)N1C(Cl)C(=O)OCc1ccc([N+](=O)[O-])cc1. The highest BCUT2D eigenvalue weighted by Gasteiger charge is 2.51. The molecule has 1 aliphatic rings. The summed E-state index contributed by atoms with van der Waals surface area (Å²) in [7, 11) is 0. The Morgan fingerprint density at radius 2 is 2.04 bits per heavy atom. The number of likely N-dealkylation sites (tertiary alicyclic amines) is 1. The Hall–Kier alpha value is -1.80. The zero-order valence-electron chi connectivity index (χ0n) is 13.9. The van der Waals surface area contributed by atoms with E-state index in [-0.39, 0.29) is 29.5 Å². The molecule has 2 rings (SSSR count). The number of rotatable bonds is 8. The van der Waals surface area contributed by atoms with Crippen LogP contribution >= 0.6 is 23.4 Å². The van der Waals surface area contributed by atoms with Crippen LogP contribution in [0.25, 0.3) is 0 Å². The van der Waals surface area contributed by atoms with E-state index in [1.54, 1.807) is 11.8 Å². The summed E-state index contributed by atoms with van der Waals surface area (Å²) in [4.78, 5) is 35.8. The highest BCUT2D eigenvalue weighted by molar-refractivity contribution is 7.99. The lowest BCUT2D eigenvalue weighted by molar-refractivity contribution is -0.384. The van der Waals surface area contributed by atoms with Crippen molar-refractivity contribution in [3.63, 3.8) is 0 Å². The number of esters is 1. The first-order valence-electron chi connectivity index (χ1n) is 7.88. The van der Waals surface area contributed by atoms with Gasteiger partial charge in [0.05, 0.1) is 16.2 Å². The van der Waals surface area contributed by atoms with Crippen LogP contribution in [0.4, 0.5) is 5.69 Å². The topological polar surface area (TPSA) is 89.8 Å². The molecule has 1 aliphatic heterocycles. The molecular weight excluding hydrogens is 368 g/mol. The molecule has 1 amide bonds. The molecule has 0 radical (unpaired) electrons. The van der Waals surface area contributed by atoms with Gasteiger partial charge >= 0.3 is 5.97 Å². The second-order valence-corrected chi connectivity index (χ2v) is 7.28. The molecule has 0 spiro atoms. The number of carbonyl (C=O) groups excluding carboxylic acids is 2. The van der Waals surface area contributed by atoms with Gasteiger partial charge in [0, 0.05) is 12.1 Å². The van der Waals surface area contributed by atoms with Gasteiger partial charge in [-0.1, -0.05) is 25.4 Å². The number of non-ortho nitro benzene ring substituents is 1. The number of β-lactam (4-membered cyclic amide) rings is 1. The number of hydrogen-bond acceptors (Lipinski definition) is 6. The number of nitrogens with zero attached hydrogens (tertiary/aromatic N) is 2. The normalized spacial score (nSPS) is 20.8. The van der Waals surface area contributed by atoms with Gasteiger partial charge in [-0.25, -0.2) is 4.79 Å².